The summed E-state index contributed by atoms with van der Waals surface area (Å²) >= 11 is 0. The van der Waals surface area contributed by atoms with Crippen LogP contribution in [0, 0.1) is 0 Å². The number of hydrogen-bond acceptors (Lipinski definition) is 1. The van der Waals surface area contributed by atoms with Crippen molar-refractivity contribution < 1.29 is 4.74 Å². The van der Waals surface area contributed by atoms with Gasteiger partial charge in [0.2, 0.25) is 0 Å². The van der Waals surface area contributed by atoms with Gasteiger partial charge in [0, 0.05) is 6.61 Å². The zero-order valence-corrected chi connectivity index (χ0v) is 10.6. The van der Waals surface area contributed by atoms with Crippen molar-refractivity contribution in [2.45, 2.75) is 78.2 Å². The van der Waals surface area contributed by atoms with E-state index in [1.165, 1.54) is 44.9 Å². The quantitative estimate of drug-likeness (QED) is 0.522. The largest absolute Gasteiger partial charge is 0.376 e. The molecule has 1 heteroatoms. The number of hydrogen-bond donors (Lipinski definition) is 0. The second kappa shape index (κ2) is 8.28. The second-order valence-electron chi connectivity index (χ2n) is 5.08. The van der Waals surface area contributed by atoms with Crippen molar-refractivity contribution in [2.75, 3.05) is 6.61 Å². The lowest BCUT2D eigenvalue weighted by molar-refractivity contribution is -0.00474. The highest BCUT2D eigenvalue weighted by atomic mass is 16.5. The van der Waals surface area contributed by atoms with E-state index < -0.39 is 0 Å². The van der Waals surface area contributed by atoms with Gasteiger partial charge in [-0.05, 0) is 27.2 Å². The Kier molecular flexibility index (Phi) is 8.26. The summed E-state index contributed by atoms with van der Waals surface area (Å²) in [6.07, 6.45) is 9.50. The van der Waals surface area contributed by atoms with E-state index in [1.807, 2.05) is 0 Å². The molecule has 0 spiro atoms. The number of rotatable bonds is 8. The monoisotopic (exact) mass is 200 g/mol. The maximum Gasteiger partial charge on any atom is 0.0598 e. The predicted molar refractivity (Wildman–Crippen MR) is 63.7 cm³/mol. The Morgan fingerprint density at radius 1 is 0.786 bits per heavy atom. The summed E-state index contributed by atoms with van der Waals surface area (Å²) in [6, 6.07) is 0. The lowest BCUT2D eigenvalue weighted by Gasteiger charge is -2.19. The van der Waals surface area contributed by atoms with Crippen molar-refractivity contribution in [3.05, 3.63) is 0 Å². The van der Waals surface area contributed by atoms with Gasteiger partial charge < -0.3 is 4.74 Å². The average Bonchev–Trinajstić information content (AvgIpc) is 2.08. The number of unbranched alkanes of at least 4 members (excludes halogenated alkanes) is 6. The van der Waals surface area contributed by atoms with Crippen molar-refractivity contribution in [1.29, 1.82) is 0 Å². The topological polar surface area (TPSA) is 9.23 Å². The molecule has 0 fully saturated rings. The zero-order valence-electron chi connectivity index (χ0n) is 10.6. The molecule has 0 heterocycles. The summed E-state index contributed by atoms with van der Waals surface area (Å²) in [5.74, 6) is 0. The molecule has 0 aromatic rings. The van der Waals surface area contributed by atoms with Crippen LogP contribution in [0.2, 0.25) is 0 Å². The van der Waals surface area contributed by atoms with Crippen LogP contribution < -0.4 is 0 Å². The summed E-state index contributed by atoms with van der Waals surface area (Å²) in [4.78, 5) is 0. The van der Waals surface area contributed by atoms with E-state index in [9.17, 15) is 0 Å². The Morgan fingerprint density at radius 3 is 1.79 bits per heavy atom. The van der Waals surface area contributed by atoms with Gasteiger partial charge in [0.15, 0.2) is 0 Å². The van der Waals surface area contributed by atoms with Crippen LogP contribution in [-0.4, -0.2) is 12.2 Å². The lowest BCUT2D eigenvalue weighted by atomic mass is 10.1. The molecule has 0 bridgehead atoms. The highest BCUT2D eigenvalue weighted by Crippen LogP contribution is 2.10. The van der Waals surface area contributed by atoms with Crippen LogP contribution in [0.5, 0.6) is 0 Å². The van der Waals surface area contributed by atoms with Crippen LogP contribution in [0.1, 0.15) is 72.6 Å². The Bertz CT molecular complexity index is 113. The molecule has 0 aromatic heterocycles. The summed E-state index contributed by atoms with van der Waals surface area (Å²) in [5.41, 5.74) is 0.0439. The fourth-order valence-electron chi connectivity index (χ4n) is 1.44. The van der Waals surface area contributed by atoms with Gasteiger partial charge in [0.1, 0.15) is 0 Å². The van der Waals surface area contributed by atoms with E-state index in [-0.39, 0.29) is 5.60 Å². The van der Waals surface area contributed by atoms with E-state index in [0.29, 0.717) is 0 Å². The molecule has 0 saturated heterocycles. The second-order valence-corrected chi connectivity index (χ2v) is 5.08. The molecule has 1 nitrogen and oxygen atoms in total. The van der Waals surface area contributed by atoms with Crippen molar-refractivity contribution in [1.82, 2.24) is 0 Å². The van der Waals surface area contributed by atoms with E-state index in [4.69, 9.17) is 4.74 Å². The van der Waals surface area contributed by atoms with Crippen LogP contribution in [-0.2, 0) is 4.74 Å². The third-order valence-electron chi connectivity index (χ3n) is 2.28. The molecule has 0 rings (SSSR count). The fraction of sp³-hybridized carbons (Fsp3) is 1.00. The molecule has 0 aliphatic rings. The molecular formula is C13H28O. The van der Waals surface area contributed by atoms with Gasteiger partial charge >= 0.3 is 0 Å². The molecule has 0 unspecified atom stereocenters. The molecule has 0 aromatic carbocycles. The minimum atomic E-state index is 0.0439. The molecule has 0 atom stereocenters. The maximum atomic E-state index is 5.66. The fourth-order valence-corrected chi connectivity index (χ4v) is 1.44. The molecular weight excluding hydrogens is 172 g/mol. The molecule has 86 valence electrons. The minimum Gasteiger partial charge on any atom is -0.376 e. The Hall–Kier alpha value is -0.0400. The first kappa shape index (κ1) is 14.0. The Balaban J connectivity index is 2.99. The van der Waals surface area contributed by atoms with Gasteiger partial charge in [0.05, 0.1) is 5.60 Å². The standard InChI is InChI=1S/C13H28O/c1-5-6-7-8-9-10-11-12-14-13(2,3)4/h5-12H2,1-4H3. The van der Waals surface area contributed by atoms with Gasteiger partial charge in [-0.15, -0.1) is 0 Å². The number of ether oxygens (including phenoxy) is 1. The molecule has 0 N–H and O–H groups in total. The van der Waals surface area contributed by atoms with E-state index in [2.05, 4.69) is 27.7 Å². The highest BCUT2D eigenvalue weighted by molar-refractivity contribution is 4.58. The Labute approximate surface area is 90.2 Å². The molecule has 0 saturated carbocycles. The maximum absolute atomic E-state index is 5.66. The van der Waals surface area contributed by atoms with Crippen molar-refractivity contribution >= 4 is 0 Å². The molecule has 0 aliphatic heterocycles. The van der Waals surface area contributed by atoms with Crippen LogP contribution in [0.25, 0.3) is 0 Å². The van der Waals surface area contributed by atoms with Crippen molar-refractivity contribution in [3.63, 3.8) is 0 Å². The highest BCUT2D eigenvalue weighted by Gasteiger charge is 2.08. The van der Waals surface area contributed by atoms with Gasteiger partial charge in [-0.3, -0.25) is 0 Å². The molecule has 0 aliphatic carbocycles. The van der Waals surface area contributed by atoms with Crippen molar-refractivity contribution in [2.24, 2.45) is 0 Å². The summed E-state index contributed by atoms with van der Waals surface area (Å²) in [5, 5.41) is 0. The molecule has 0 radical (unpaired) electrons. The Morgan fingerprint density at radius 2 is 1.29 bits per heavy atom. The van der Waals surface area contributed by atoms with Crippen LogP contribution in [0.3, 0.4) is 0 Å². The third kappa shape index (κ3) is 12.0. The normalized spacial score (nSPS) is 12.0. The van der Waals surface area contributed by atoms with Gasteiger partial charge in [0.25, 0.3) is 0 Å². The lowest BCUT2D eigenvalue weighted by Crippen LogP contribution is -2.19. The van der Waals surface area contributed by atoms with Crippen molar-refractivity contribution in [3.8, 4) is 0 Å². The predicted octanol–water partition coefficient (Wildman–Crippen LogP) is 4.55. The van der Waals surface area contributed by atoms with E-state index >= 15 is 0 Å². The minimum absolute atomic E-state index is 0.0439. The van der Waals surface area contributed by atoms with Crippen LogP contribution >= 0.6 is 0 Å². The van der Waals surface area contributed by atoms with Gasteiger partial charge in [-0.2, -0.15) is 0 Å². The van der Waals surface area contributed by atoms with Crippen LogP contribution in [0.4, 0.5) is 0 Å². The average molecular weight is 200 g/mol. The zero-order chi connectivity index (χ0) is 10.9. The van der Waals surface area contributed by atoms with Crippen LogP contribution in [0.15, 0.2) is 0 Å². The van der Waals surface area contributed by atoms with Gasteiger partial charge in [-0.25, -0.2) is 0 Å². The summed E-state index contributed by atoms with van der Waals surface area (Å²) < 4.78 is 5.66. The third-order valence-corrected chi connectivity index (χ3v) is 2.28. The summed E-state index contributed by atoms with van der Waals surface area (Å²) in [7, 11) is 0. The molecule has 14 heavy (non-hydrogen) atoms. The molecule has 0 amide bonds. The smallest absolute Gasteiger partial charge is 0.0598 e. The van der Waals surface area contributed by atoms with E-state index in [0.717, 1.165) is 6.61 Å². The first-order chi connectivity index (χ1) is 6.56. The van der Waals surface area contributed by atoms with Gasteiger partial charge in [-0.1, -0.05) is 45.4 Å². The van der Waals surface area contributed by atoms with E-state index in [1.54, 1.807) is 0 Å². The summed E-state index contributed by atoms with van der Waals surface area (Å²) in [6.45, 7) is 9.55. The SMILES string of the molecule is CCCCCCCCCOC(C)(C)C. The first-order valence-corrected chi connectivity index (χ1v) is 6.20. The first-order valence-electron chi connectivity index (χ1n) is 6.20.